The second kappa shape index (κ2) is 33.8. The van der Waals surface area contributed by atoms with Gasteiger partial charge in [0.05, 0.1) is 6.61 Å². The summed E-state index contributed by atoms with van der Waals surface area (Å²) in [5, 5.41) is 9.48. The number of carbonyl (C=O) groups is 2. The smallest absolute Gasteiger partial charge is 0.306 e. The third-order valence-electron chi connectivity index (χ3n) is 6.78. The number of hydrogen-bond donors (Lipinski definition) is 1. The fraction of sp³-hybridized carbons (Fsp3) is 0.632. The van der Waals surface area contributed by atoms with E-state index in [-0.39, 0.29) is 31.6 Å². The minimum atomic E-state index is -0.801. The highest BCUT2D eigenvalue weighted by Gasteiger charge is 2.15. The SMILES string of the molecule is CC/C=C/C/C=C/C/C=C/C/C=C/C/C=C/C/C=C/CCC(=O)OC[C@H](CO)OC(=O)CCCCCCCCCCCC. The van der Waals surface area contributed by atoms with E-state index in [9.17, 15) is 14.7 Å². The summed E-state index contributed by atoms with van der Waals surface area (Å²) in [6.45, 7) is 3.91. The number of aliphatic hydroxyl groups excluding tert-OH is 1. The van der Waals surface area contributed by atoms with Crippen LogP contribution in [0.15, 0.2) is 72.9 Å². The maximum absolute atomic E-state index is 12.1. The Morgan fingerprint density at radius 3 is 1.47 bits per heavy atom. The molecule has 5 heteroatoms. The molecule has 43 heavy (non-hydrogen) atoms. The number of unbranched alkanes of at least 4 members (excludes halogenated alkanes) is 9. The molecule has 0 unspecified atom stereocenters. The third kappa shape index (κ3) is 32.1. The Labute approximate surface area is 263 Å². The largest absolute Gasteiger partial charge is 0.462 e. The highest BCUT2D eigenvalue weighted by atomic mass is 16.6. The molecule has 0 aliphatic heterocycles. The summed E-state index contributed by atoms with van der Waals surface area (Å²) in [6, 6.07) is 0. The van der Waals surface area contributed by atoms with E-state index >= 15 is 0 Å². The van der Waals surface area contributed by atoms with E-state index in [1.807, 2.05) is 12.2 Å². The van der Waals surface area contributed by atoms with Gasteiger partial charge in [0.25, 0.3) is 0 Å². The van der Waals surface area contributed by atoms with E-state index in [1.165, 1.54) is 44.9 Å². The molecule has 1 atom stereocenters. The number of allylic oxidation sites excluding steroid dienone is 12. The van der Waals surface area contributed by atoms with Gasteiger partial charge in [-0.15, -0.1) is 0 Å². The van der Waals surface area contributed by atoms with E-state index in [4.69, 9.17) is 9.47 Å². The molecular formula is C38H62O5. The van der Waals surface area contributed by atoms with Gasteiger partial charge in [0.1, 0.15) is 6.61 Å². The predicted octanol–water partition coefficient (Wildman–Crippen LogP) is 10.2. The van der Waals surface area contributed by atoms with Crippen molar-refractivity contribution in [1.29, 1.82) is 0 Å². The average Bonchev–Trinajstić information content (AvgIpc) is 3.01. The minimum Gasteiger partial charge on any atom is -0.462 e. The van der Waals surface area contributed by atoms with E-state index in [2.05, 4.69) is 74.6 Å². The highest BCUT2D eigenvalue weighted by molar-refractivity contribution is 5.70. The predicted molar refractivity (Wildman–Crippen MR) is 182 cm³/mol. The lowest BCUT2D eigenvalue weighted by Crippen LogP contribution is -2.28. The van der Waals surface area contributed by atoms with Gasteiger partial charge >= 0.3 is 11.9 Å². The first-order chi connectivity index (χ1) is 21.1. The van der Waals surface area contributed by atoms with Crippen molar-refractivity contribution in [3.63, 3.8) is 0 Å². The number of rotatable bonds is 29. The Morgan fingerprint density at radius 2 is 1.00 bits per heavy atom. The second-order valence-corrected chi connectivity index (χ2v) is 10.9. The summed E-state index contributed by atoms with van der Waals surface area (Å²) in [5.74, 6) is -0.698. The van der Waals surface area contributed by atoms with Crippen LogP contribution in [0.2, 0.25) is 0 Å². The summed E-state index contributed by atoms with van der Waals surface area (Å²) in [4.78, 5) is 24.0. The van der Waals surface area contributed by atoms with Gasteiger partial charge in [-0.3, -0.25) is 9.59 Å². The first kappa shape index (κ1) is 40.3. The van der Waals surface area contributed by atoms with Crippen molar-refractivity contribution in [2.45, 2.75) is 142 Å². The van der Waals surface area contributed by atoms with Crippen LogP contribution >= 0.6 is 0 Å². The van der Waals surface area contributed by atoms with Gasteiger partial charge in [0.15, 0.2) is 6.10 Å². The molecule has 0 radical (unpaired) electrons. The van der Waals surface area contributed by atoms with Gasteiger partial charge < -0.3 is 14.6 Å². The summed E-state index contributed by atoms with van der Waals surface area (Å²) >= 11 is 0. The molecule has 0 spiro atoms. The van der Waals surface area contributed by atoms with E-state index in [1.54, 1.807) is 0 Å². The monoisotopic (exact) mass is 598 g/mol. The van der Waals surface area contributed by atoms with Crippen molar-refractivity contribution in [2.24, 2.45) is 0 Å². The normalized spacial score (nSPS) is 13.1. The van der Waals surface area contributed by atoms with Gasteiger partial charge in [-0.25, -0.2) is 0 Å². The number of carbonyl (C=O) groups excluding carboxylic acids is 2. The maximum Gasteiger partial charge on any atom is 0.306 e. The molecule has 0 saturated carbocycles. The lowest BCUT2D eigenvalue weighted by atomic mass is 10.1. The summed E-state index contributed by atoms with van der Waals surface area (Å²) in [5.41, 5.74) is 0. The summed E-state index contributed by atoms with van der Waals surface area (Å²) < 4.78 is 10.5. The Balaban J connectivity index is 3.76. The second-order valence-electron chi connectivity index (χ2n) is 10.9. The standard InChI is InChI=1S/C38H62O5/c1-3-5-7-9-11-13-15-16-17-18-19-20-21-22-23-25-26-28-30-32-37(40)42-35-36(34-39)43-38(41)33-31-29-27-24-14-12-10-8-6-4-2/h5,7,11,13,16-17,19-20,22-23,26,28,36,39H,3-4,6,8-10,12,14-15,18,21,24-25,27,29-35H2,1-2H3/b7-5+,13-11+,17-16+,20-19+,23-22+,28-26+/t36-/m0/s1. The Morgan fingerprint density at radius 1 is 0.558 bits per heavy atom. The Hall–Kier alpha value is -2.66. The molecule has 1 N–H and O–H groups in total. The number of esters is 2. The minimum absolute atomic E-state index is 0.108. The zero-order chi connectivity index (χ0) is 31.5. The van der Waals surface area contributed by atoms with Gasteiger partial charge in [-0.2, -0.15) is 0 Å². The fourth-order valence-electron chi connectivity index (χ4n) is 4.22. The molecule has 244 valence electrons. The molecule has 0 saturated heterocycles. The third-order valence-corrected chi connectivity index (χ3v) is 6.78. The van der Waals surface area contributed by atoms with E-state index < -0.39 is 6.10 Å². The summed E-state index contributed by atoms with van der Waals surface area (Å²) in [6.07, 6.45) is 43.9. The van der Waals surface area contributed by atoms with Crippen molar-refractivity contribution >= 4 is 11.9 Å². The van der Waals surface area contributed by atoms with Crippen LogP contribution in [0, 0.1) is 0 Å². The van der Waals surface area contributed by atoms with Crippen LogP contribution in [0.3, 0.4) is 0 Å². The highest BCUT2D eigenvalue weighted by Crippen LogP contribution is 2.12. The molecule has 0 rings (SSSR count). The summed E-state index contributed by atoms with van der Waals surface area (Å²) in [7, 11) is 0. The molecule has 0 aliphatic rings. The van der Waals surface area contributed by atoms with Gasteiger partial charge in [0.2, 0.25) is 0 Å². The molecule has 0 aromatic rings. The van der Waals surface area contributed by atoms with Crippen molar-refractivity contribution < 1.29 is 24.2 Å². The van der Waals surface area contributed by atoms with Crippen molar-refractivity contribution in [2.75, 3.05) is 13.2 Å². The molecule has 0 amide bonds. The van der Waals surface area contributed by atoms with Gasteiger partial charge in [0, 0.05) is 12.8 Å². The van der Waals surface area contributed by atoms with Crippen molar-refractivity contribution in [3.8, 4) is 0 Å². The van der Waals surface area contributed by atoms with Crippen molar-refractivity contribution in [1.82, 2.24) is 0 Å². The Bertz CT molecular complexity index is 818. The van der Waals surface area contributed by atoms with Crippen LogP contribution in [-0.4, -0.2) is 36.4 Å². The van der Waals surface area contributed by atoms with Crippen LogP contribution in [-0.2, 0) is 19.1 Å². The zero-order valence-electron chi connectivity index (χ0n) is 27.4. The number of aliphatic hydroxyl groups is 1. The quantitative estimate of drug-likeness (QED) is 0.0527. The molecule has 0 heterocycles. The number of hydrogen-bond acceptors (Lipinski definition) is 5. The molecule has 0 aromatic carbocycles. The van der Waals surface area contributed by atoms with Gasteiger partial charge in [-0.05, 0) is 51.4 Å². The van der Waals surface area contributed by atoms with Crippen LogP contribution < -0.4 is 0 Å². The maximum atomic E-state index is 12.1. The van der Waals surface area contributed by atoms with E-state index in [0.717, 1.165) is 57.8 Å². The van der Waals surface area contributed by atoms with Crippen LogP contribution in [0.1, 0.15) is 136 Å². The molecule has 0 bridgehead atoms. The molecule has 0 fully saturated rings. The van der Waals surface area contributed by atoms with Gasteiger partial charge in [-0.1, -0.05) is 145 Å². The fourth-order valence-corrected chi connectivity index (χ4v) is 4.22. The zero-order valence-corrected chi connectivity index (χ0v) is 27.4. The van der Waals surface area contributed by atoms with E-state index in [0.29, 0.717) is 12.8 Å². The molecule has 0 aromatic heterocycles. The van der Waals surface area contributed by atoms with Crippen LogP contribution in [0.5, 0.6) is 0 Å². The van der Waals surface area contributed by atoms with Crippen LogP contribution in [0.4, 0.5) is 0 Å². The Kier molecular flexibility index (Phi) is 31.7. The first-order valence-electron chi connectivity index (χ1n) is 17.0. The number of ether oxygens (including phenoxy) is 2. The topological polar surface area (TPSA) is 72.8 Å². The lowest BCUT2D eigenvalue weighted by molar-refractivity contribution is -0.161. The molecule has 0 aliphatic carbocycles. The average molecular weight is 599 g/mol. The lowest BCUT2D eigenvalue weighted by Gasteiger charge is -2.15. The molecule has 5 nitrogen and oxygen atoms in total. The molecular weight excluding hydrogens is 536 g/mol. The first-order valence-corrected chi connectivity index (χ1v) is 17.0. The van der Waals surface area contributed by atoms with Crippen LogP contribution in [0.25, 0.3) is 0 Å². The van der Waals surface area contributed by atoms with Crippen molar-refractivity contribution in [3.05, 3.63) is 72.9 Å².